The number of carbonyl (C=O) groups is 2. The van der Waals surface area contributed by atoms with E-state index in [1.165, 1.54) is 33.4 Å². The van der Waals surface area contributed by atoms with Gasteiger partial charge in [-0.2, -0.15) is 9.97 Å². The topological polar surface area (TPSA) is 230 Å². The lowest BCUT2D eigenvalue weighted by atomic mass is 10.2. The second-order valence-electron chi connectivity index (χ2n) is 20.8. The summed E-state index contributed by atoms with van der Waals surface area (Å²) < 4.78 is 14.4. The van der Waals surface area contributed by atoms with Crippen LogP contribution >= 0.6 is 11.6 Å². The number of likely N-dealkylation sites (N-methyl/N-ethyl adjacent to an activating group) is 4. The molecule has 4 aromatic heterocycles. The Bertz CT molecular complexity index is 3800. The van der Waals surface area contributed by atoms with Crippen molar-refractivity contribution in [1.29, 1.82) is 0 Å². The zero-order valence-corrected chi connectivity index (χ0v) is 50.0. The third kappa shape index (κ3) is 17.0. The highest BCUT2D eigenvalue weighted by atomic mass is 35.5. The predicted octanol–water partition coefficient (Wildman–Crippen LogP) is 7.08. The van der Waals surface area contributed by atoms with Gasteiger partial charge in [0, 0.05) is 142 Å². The molecule has 2 saturated heterocycles. The molecule has 0 unspecified atom stereocenters. The number of halogens is 1. The molecule has 2 aliphatic heterocycles. The highest BCUT2D eigenvalue weighted by Gasteiger charge is 2.20. The maximum Gasteiger partial charge on any atom is 0.256 e. The predicted molar refractivity (Wildman–Crippen MR) is 342 cm³/mol. The Labute approximate surface area is 499 Å². The number of amides is 1. The number of hydrogen-bond acceptors (Lipinski definition) is 19. The summed E-state index contributed by atoms with van der Waals surface area (Å²) in [5.41, 5.74) is 12.4. The smallest absolute Gasteiger partial charge is 0.256 e. The van der Waals surface area contributed by atoms with Crippen molar-refractivity contribution >= 4 is 90.8 Å². The number of ether oxygens (including phenoxy) is 2. The fraction of sp³-hybridized carbons (Fsp3) is 0.290. The molecule has 444 valence electrons. The lowest BCUT2D eigenvalue weighted by molar-refractivity contribution is -0.112. The Morgan fingerprint density at radius 3 is 1.49 bits per heavy atom. The SMILES string of the molecule is CN(C)C/C=C/C(=O)Cl.COc1cc(N2CCN(C)CC2)ccc1Nc1ncc2ccc(=O)n(-c3cccc(N)c3)c2n1.COc1cc(N2CCN(C)CC2)ccc1Nc1ncc2ccc(=O)n(-c3cccc(NC(=O)/C=C/CN(C)C)c3)c2n1. The summed E-state index contributed by atoms with van der Waals surface area (Å²) in [7, 11) is 15.3. The average molecular weight is 1170 g/mol. The Morgan fingerprint density at radius 2 is 1.05 bits per heavy atom. The summed E-state index contributed by atoms with van der Waals surface area (Å²) in [6, 6.07) is 32.8. The standard InChI is InChI=1S/C31H36N8O3.C25H27N7O2.C6H10ClNO/c1-36(2)14-6-9-28(40)33-23-7-5-8-25(19-23)39-29(41)13-10-22-21-32-31(35-30(22)39)34-26-12-11-24(20-27(26)42-4)38-17-15-37(3)16-18-38;1-30-10-12-31(13-11-30)19-7-8-21(22(15-19)34-2)28-25-27-16-17-6-9-23(33)32(24(17)29-25)20-5-3-4-18(26)14-20;1-8(2)5-3-4-6(7)9/h5-13,19-21H,14-18H2,1-4H3,(H,33,40)(H,32,34,35);3-9,14-16H,10-13,26H2,1-2H3,(H,27,28,29);3-4H,5H2,1-2H3/b9-6+;;4-3+. The molecular formula is C62H73ClN16O6. The van der Waals surface area contributed by atoms with Gasteiger partial charge in [-0.25, -0.2) is 9.97 Å². The van der Waals surface area contributed by atoms with Gasteiger partial charge in [-0.3, -0.25) is 28.3 Å². The van der Waals surface area contributed by atoms with Gasteiger partial charge in [0.1, 0.15) is 11.5 Å². The van der Waals surface area contributed by atoms with Crippen molar-refractivity contribution in [3.05, 3.63) is 167 Å². The van der Waals surface area contributed by atoms with Gasteiger partial charge in [-0.15, -0.1) is 0 Å². The molecule has 22 nitrogen and oxygen atoms in total. The van der Waals surface area contributed by atoms with E-state index in [1.807, 2.05) is 74.4 Å². The first-order valence-corrected chi connectivity index (χ1v) is 28.0. The van der Waals surface area contributed by atoms with Crippen LogP contribution in [0.4, 0.5) is 46.0 Å². The number of methoxy groups -OCH3 is 2. The molecule has 0 saturated carbocycles. The van der Waals surface area contributed by atoms with Gasteiger partial charge in [0.25, 0.3) is 11.1 Å². The maximum atomic E-state index is 13.1. The Kier molecular flexibility index (Phi) is 21.4. The fourth-order valence-corrected chi connectivity index (χ4v) is 9.37. The van der Waals surface area contributed by atoms with Crippen LogP contribution in [0.2, 0.25) is 0 Å². The minimum atomic E-state index is -0.420. The third-order valence-corrected chi connectivity index (χ3v) is 14.0. The van der Waals surface area contributed by atoms with E-state index in [-0.39, 0.29) is 17.0 Å². The van der Waals surface area contributed by atoms with E-state index in [0.717, 1.165) is 81.4 Å². The minimum absolute atomic E-state index is 0.197. The molecule has 0 spiro atoms. The molecule has 1 amide bonds. The van der Waals surface area contributed by atoms with Crippen molar-refractivity contribution in [1.82, 2.24) is 48.7 Å². The molecule has 8 aromatic rings. The molecule has 5 N–H and O–H groups in total. The molecular weight excluding hydrogens is 1100 g/mol. The van der Waals surface area contributed by atoms with E-state index in [9.17, 15) is 19.2 Å². The van der Waals surface area contributed by atoms with Crippen molar-refractivity contribution in [2.24, 2.45) is 0 Å². The number of allylic oxidation sites excluding steroid dienone is 1. The van der Waals surface area contributed by atoms with Crippen LogP contribution < -0.4 is 52.1 Å². The number of anilines is 8. The van der Waals surface area contributed by atoms with Crippen LogP contribution in [0.25, 0.3) is 33.4 Å². The van der Waals surface area contributed by atoms with E-state index < -0.39 is 5.24 Å². The number of pyridine rings is 2. The summed E-state index contributed by atoms with van der Waals surface area (Å²) in [5, 5.41) is 10.4. The molecule has 2 aliphatic rings. The first-order chi connectivity index (χ1) is 40.9. The molecule has 85 heavy (non-hydrogen) atoms. The van der Waals surface area contributed by atoms with E-state index >= 15 is 0 Å². The number of carbonyl (C=O) groups excluding carboxylic acids is 2. The number of nitrogens with two attached hydrogens (primary N) is 1. The highest BCUT2D eigenvalue weighted by molar-refractivity contribution is 6.66. The maximum absolute atomic E-state index is 13.1. The number of benzene rings is 4. The molecule has 10 rings (SSSR count). The van der Waals surface area contributed by atoms with Crippen LogP contribution in [0.1, 0.15) is 0 Å². The van der Waals surface area contributed by atoms with Crippen molar-refractivity contribution in [2.75, 3.05) is 153 Å². The summed E-state index contributed by atoms with van der Waals surface area (Å²) in [4.78, 5) is 79.9. The van der Waals surface area contributed by atoms with Crippen molar-refractivity contribution in [2.45, 2.75) is 0 Å². The lowest BCUT2D eigenvalue weighted by Crippen LogP contribution is -2.44. The van der Waals surface area contributed by atoms with E-state index in [0.29, 0.717) is 75.1 Å². The van der Waals surface area contributed by atoms with Gasteiger partial charge < -0.3 is 60.6 Å². The van der Waals surface area contributed by atoms with Crippen LogP contribution in [0.3, 0.4) is 0 Å². The molecule has 23 heteroatoms. The molecule has 4 aromatic carbocycles. The molecule has 0 radical (unpaired) electrons. The zero-order chi connectivity index (χ0) is 60.6. The number of piperazine rings is 2. The highest BCUT2D eigenvalue weighted by Crippen LogP contribution is 2.34. The first kappa shape index (κ1) is 61.9. The van der Waals surface area contributed by atoms with Crippen LogP contribution in [-0.2, 0) is 9.59 Å². The number of rotatable bonds is 17. The minimum Gasteiger partial charge on any atom is -0.494 e. The number of nitrogens with one attached hydrogen (secondary N) is 3. The van der Waals surface area contributed by atoms with Crippen LogP contribution in [0.15, 0.2) is 155 Å². The number of hydrogen-bond donors (Lipinski definition) is 4. The van der Waals surface area contributed by atoms with Gasteiger partial charge in [0.2, 0.25) is 23.0 Å². The average Bonchev–Trinajstić information content (AvgIpc) is 3.68. The molecule has 0 atom stereocenters. The Hall–Kier alpha value is -9.19. The largest absolute Gasteiger partial charge is 0.494 e. The van der Waals surface area contributed by atoms with Gasteiger partial charge in [0.05, 0.1) is 37.0 Å². The van der Waals surface area contributed by atoms with E-state index in [2.05, 4.69) is 76.7 Å². The number of nitrogen functional groups attached to an aromatic ring is 1. The van der Waals surface area contributed by atoms with Crippen LogP contribution in [-0.4, -0.2) is 182 Å². The zero-order valence-electron chi connectivity index (χ0n) is 49.2. The molecule has 2 fully saturated rings. The number of nitrogens with zero attached hydrogens (tertiary/aromatic N) is 12. The monoisotopic (exact) mass is 1170 g/mol. The second-order valence-corrected chi connectivity index (χ2v) is 21.2. The molecule has 0 aliphatic carbocycles. The number of aromatic nitrogens is 6. The summed E-state index contributed by atoms with van der Waals surface area (Å²) in [6.07, 6.45) is 9.71. The summed E-state index contributed by atoms with van der Waals surface area (Å²) >= 11 is 5.02. The quantitative estimate of drug-likeness (QED) is 0.0406. The third-order valence-electron chi connectivity index (χ3n) is 13.8. The summed E-state index contributed by atoms with van der Waals surface area (Å²) in [6.45, 7) is 9.34. The Balaban J connectivity index is 0.000000196. The van der Waals surface area contributed by atoms with Crippen molar-refractivity contribution in [3.63, 3.8) is 0 Å². The number of fused-ring (bicyclic) bond motifs is 2. The van der Waals surface area contributed by atoms with Crippen LogP contribution in [0.5, 0.6) is 11.5 Å². The second kappa shape index (κ2) is 29.4. The van der Waals surface area contributed by atoms with Gasteiger partial charge in [-0.05, 0) is 133 Å². The molecule has 0 bridgehead atoms. The lowest BCUT2D eigenvalue weighted by Gasteiger charge is -2.34. The fourth-order valence-electron chi connectivity index (χ4n) is 9.28. The Morgan fingerprint density at radius 1 is 0.588 bits per heavy atom. The van der Waals surface area contributed by atoms with E-state index in [1.54, 1.807) is 87.3 Å². The van der Waals surface area contributed by atoms with Crippen LogP contribution in [0, 0.1) is 0 Å². The van der Waals surface area contributed by atoms with Gasteiger partial charge in [-0.1, -0.05) is 24.3 Å². The normalized spacial score (nSPS) is 13.9. The van der Waals surface area contributed by atoms with Gasteiger partial charge >= 0.3 is 0 Å². The first-order valence-electron chi connectivity index (χ1n) is 27.6. The van der Waals surface area contributed by atoms with Gasteiger partial charge in [0.15, 0.2) is 11.3 Å². The van der Waals surface area contributed by atoms with Crippen molar-refractivity contribution < 1.29 is 19.1 Å². The molecule has 6 heterocycles. The summed E-state index contributed by atoms with van der Waals surface area (Å²) in [5.74, 6) is 1.80. The van der Waals surface area contributed by atoms with Crippen molar-refractivity contribution in [3.8, 4) is 22.9 Å². The van der Waals surface area contributed by atoms with E-state index in [4.69, 9.17) is 31.8 Å².